The number of anilines is 1. The first kappa shape index (κ1) is 27.1. The summed E-state index contributed by atoms with van der Waals surface area (Å²) in [5, 5.41) is 16.9. The highest BCUT2D eigenvalue weighted by Crippen LogP contribution is 2.36. The van der Waals surface area contributed by atoms with Crippen LogP contribution in [-0.4, -0.2) is 67.7 Å². The summed E-state index contributed by atoms with van der Waals surface area (Å²) in [6, 6.07) is 4.10. The second kappa shape index (κ2) is 10.8. The summed E-state index contributed by atoms with van der Waals surface area (Å²) in [6.07, 6.45) is -3.98. The lowest BCUT2D eigenvalue weighted by Crippen LogP contribution is -2.69. The number of β-lactam (4-membered cyclic amide) rings is 1. The van der Waals surface area contributed by atoms with E-state index < -0.39 is 57.9 Å². The van der Waals surface area contributed by atoms with E-state index in [0.29, 0.717) is 16.9 Å². The molecule has 0 radical (unpaired) electrons. The molecule has 3 heterocycles. The average molecular weight is 574 g/mol. The Morgan fingerprint density at radius 2 is 1.95 bits per heavy atom. The van der Waals surface area contributed by atoms with Crippen LogP contribution in [0, 0.1) is 5.82 Å². The summed E-state index contributed by atoms with van der Waals surface area (Å²) < 4.78 is 50.8. The van der Waals surface area contributed by atoms with Gasteiger partial charge in [0.1, 0.15) is 29.5 Å². The minimum Gasteiger partial charge on any atom is -0.478 e. The number of alkyl halides is 3. The molecule has 2 aromatic rings. The number of carbonyl (C=O) groups is 4. The van der Waals surface area contributed by atoms with E-state index in [1.54, 1.807) is 5.32 Å². The monoisotopic (exact) mass is 573 g/mol. The lowest BCUT2D eigenvalue weighted by Gasteiger charge is -2.46. The molecule has 2 aliphatic heterocycles. The Morgan fingerprint density at radius 1 is 1.24 bits per heavy atom. The van der Waals surface area contributed by atoms with Crippen LogP contribution >= 0.6 is 23.1 Å². The zero-order valence-electron chi connectivity index (χ0n) is 18.7. The number of benzene rings is 1. The van der Waals surface area contributed by atoms with E-state index in [0.717, 1.165) is 22.0 Å². The fraction of sp³-hybridized carbons (Fsp3) is 0.238. The number of carboxylic acid groups (broad SMARTS) is 1. The van der Waals surface area contributed by atoms with E-state index in [2.05, 4.69) is 15.5 Å². The molecule has 3 N–H and O–H groups in total. The lowest BCUT2D eigenvalue weighted by molar-refractivity contribution is -0.167. The fourth-order valence-electron chi connectivity index (χ4n) is 3.20. The maximum Gasteiger partial charge on any atom is 0.471 e. The number of thiazole rings is 1. The van der Waals surface area contributed by atoms with Crippen molar-refractivity contribution >= 4 is 57.6 Å². The number of hydrogen-bond donors (Lipinski definition) is 3. The Labute approximate surface area is 218 Å². The third kappa shape index (κ3) is 5.94. The smallest absolute Gasteiger partial charge is 0.471 e. The number of carbonyl (C=O) groups excluding carboxylic acids is 3. The van der Waals surface area contributed by atoms with E-state index >= 15 is 0 Å². The summed E-state index contributed by atoms with van der Waals surface area (Å²) in [7, 11) is 0. The number of nitrogens with one attached hydrogen (secondary N) is 2. The average Bonchev–Trinajstić information content (AvgIpc) is 3.32. The zero-order chi connectivity index (χ0) is 27.6. The van der Waals surface area contributed by atoms with Crippen LogP contribution in [0.4, 0.5) is 22.7 Å². The van der Waals surface area contributed by atoms with Gasteiger partial charge < -0.3 is 20.2 Å². The highest BCUT2D eigenvalue weighted by molar-refractivity contribution is 8.00. The first-order valence-corrected chi connectivity index (χ1v) is 12.3. The topological polar surface area (TPSA) is 150 Å². The number of rotatable bonds is 8. The predicted octanol–water partition coefficient (Wildman–Crippen LogP) is 2.07. The third-order valence-corrected chi connectivity index (χ3v) is 7.16. The van der Waals surface area contributed by atoms with E-state index in [9.17, 15) is 36.7 Å². The largest absolute Gasteiger partial charge is 0.478 e. The van der Waals surface area contributed by atoms with Crippen molar-refractivity contribution in [3.63, 3.8) is 0 Å². The molecule has 3 amide bonds. The van der Waals surface area contributed by atoms with Gasteiger partial charge >= 0.3 is 18.1 Å². The summed E-state index contributed by atoms with van der Waals surface area (Å²) in [4.78, 5) is 58.0. The number of amides is 3. The van der Waals surface area contributed by atoms with Gasteiger partial charge in [0.2, 0.25) is 0 Å². The van der Waals surface area contributed by atoms with Crippen LogP contribution < -0.4 is 10.6 Å². The van der Waals surface area contributed by atoms with Crippen LogP contribution in [0.5, 0.6) is 0 Å². The molecular weight excluding hydrogens is 558 g/mol. The number of halogens is 4. The Bertz CT molecular complexity index is 1340. The maximum atomic E-state index is 13.1. The maximum absolute atomic E-state index is 13.1. The molecule has 0 aliphatic carbocycles. The van der Waals surface area contributed by atoms with Crippen molar-refractivity contribution < 1.29 is 46.7 Å². The molecule has 17 heteroatoms. The van der Waals surface area contributed by atoms with Gasteiger partial charge in [-0.1, -0.05) is 17.3 Å². The van der Waals surface area contributed by atoms with Gasteiger partial charge in [-0.3, -0.25) is 19.7 Å². The molecule has 1 saturated heterocycles. The molecular formula is C21H15F4N5O6S2. The molecule has 1 aromatic heterocycles. The highest BCUT2D eigenvalue weighted by atomic mass is 32.2. The van der Waals surface area contributed by atoms with Crippen molar-refractivity contribution in [3.8, 4) is 0 Å². The van der Waals surface area contributed by atoms with Crippen LogP contribution in [0.1, 0.15) is 11.3 Å². The van der Waals surface area contributed by atoms with E-state index in [4.69, 9.17) is 9.94 Å². The Hall–Kier alpha value is -3.99. The molecule has 0 saturated carbocycles. The number of nitrogens with zero attached hydrogens (tertiary/aromatic N) is 3. The molecule has 38 heavy (non-hydrogen) atoms. The van der Waals surface area contributed by atoms with Gasteiger partial charge in [-0.15, -0.1) is 23.1 Å². The third-order valence-electron chi connectivity index (χ3n) is 5.09. The molecule has 0 bridgehead atoms. The van der Waals surface area contributed by atoms with Crippen LogP contribution in [0.25, 0.3) is 0 Å². The minimum absolute atomic E-state index is 0.0109. The number of aliphatic carboxylic acids is 1. The number of aromatic nitrogens is 1. The van der Waals surface area contributed by atoms with Gasteiger partial charge in [0, 0.05) is 17.3 Å². The second-order valence-corrected chi connectivity index (χ2v) is 9.65. The summed E-state index contributed by atoms with van der Waals surface area (Å²) >= 11 is 1.70. The SMILES string of the molecule is O=C(O)C1=CN2C(=O)C(NC(=O)C(=NOCc3ccc(F)cc3)c3csc(NC(=O)C(F)(F)F)n3)[C@H]2SC1. The Morgan fingerprint density at radius 3 is 2.61 bits per heavy atom. The molecule has 11 nitrogen and oxygen atoms in total. The number of carboxylic acids is 1. The Balaban J connectivity index is 1.52. The minimum atomic E-state index is -5.17. The lowest BCUT2D eigenvalue weighted by atomic mass is 10.1. The summed E-state index contributed by atoms with van der Waals surface area (Å²) in [5.41, 5.74) is -0.269. The normalized spacial score (nSPS) is 19.2. The quantitative estimate of drug-likeness (QED) is 0.188. The van der Waals surface area contributed by atoms with Crippen LogP contribution in [0.15, 0.2) is 46.6 Å². The molecule has 1 fully saturated rings. The molecule has 2 atom stereocenters. The number of fused-ring (bicyclic) bond motifs is 1. The molecule has 1 unspecified atom stereocenters. The fourth-order valence-corrected chi connectivity index (χ4v) is 5.15. The summed E-state index contributed by atoms with van der Waals surface area (Å²) in [5.74, 6) is -5.39. The van der Waals surface area contributed by atoms with Crippen molar-refractivity contribution in [2.75, 3.05) is 11.1 Å². The van der Waals surface area contributed by atoms with Gasteiger partial charge in [-0.25, -0.2) is 14.2 Å². The standard InChI is InChI=1S/C21H15F4N5O6S2/c22-11-3-1-9(2-4-11)6-36-29-13(12-8-38-20(26-12)28-19(35)21(23,24)25)15(31)27-14-16(32)30-5-10(18(33)34)7-37-17(14)30/h1-5,8,14,17H,6-7H2,(H,27,31)(H,33,34)(H,26,28,35)/t14?,17-/m1/s1. The molecule has 2 aliphatic rings. The predicted molar refractivity (Wildman–Crippen MR) is 125 cm³/mol. The molecule has 1 aromatic carbocycles. The number of hydrogen-bond acceptors (Lipinski definition) is 9. The number of oxime groups is 1. The van der Waals surface area contributed by atoms with Crippen molar-refractivity contribution in [1.82, 2.24) is 15.2 Å². The number of thioether (sulfide) groups is 1. The van der Waals surface area contributed by atoms with Crippen molar-refractivity contribution in [3.05, 3.63) is 58.5 Å². The van der Waals surface area contributed by atoms with Gasteiger partial charge in [-0.05, 0) is 17.7 Å². The van der Waals surface area contributed by atoms with Crippen molar-refractivity contribution in [2.24, 2.45) is 5.16 Å². The van der Waals surface area contributed by atoms with E-state index in [1.165, 1.54) is 30.5 Å². The first-order valence-electron chi connectivity index (χ1n) is 10.4. The van der Waals surface area contributed by atoms with Gasteiger partial charge in [0.05, 0.1) is 5.57 Å². The van der Waals surface area contributed by atoms with Gasteiger partial charge in [0.25, 0.3) is 11.8 Å². The van der Waals surface area contributed by atoms with Crippen LogP contribution in [0.3, 0.4) is 0 Å². The highest BCUT2D eigenvalue weighted by Gasteiger charge is 2.50. The van der Waals surface area contributed by atoms with E-state index in [-0.39, 0.29) is 23.6 Å². The molecule has 0 spiro atoms. The second-order valence-electron chi connectivity index (χ2n) is 7.69. The zero-order valence-corrected chi connectivity index (χ0v) is 20.3. The first-order chi connectivity index (χ1) is 17.9. The van der Waals surface area contributed by atoms with Crippen molar-refractivity contribution in [1.29, 1.82) is 0 Å². The molecule has 4 rings (SSSR count). The van der Waals surface area contributed by atoms with Gasteiger partial charge in [-0.2, -0.15) is 13.2 Å². The Kier molecular flexibility index (Phi) is 7.68. The summed E-state index contributed by atoms with van der Waals surface area (Å²) in [6.45, 7) is -0.212. The van der Waals surface area contributed by atoms with Gasteiger partial charge in [0.15, 0.2) is 10.8 Å². The van der Waals surface area contributed by atoms with Crippen LogP contribution in [-0.2, 0) is 30.6 Å². The van der Waals surface area contributed by atoms with Crippen LogP contribution in [0.2, 0.25) is 0 Å². The molecule has 200 valence electrons. The van der Waals surface area contributed by atoms with Crippen molar-refractivity contribution in [2.45, 2.75) is 24.2 Å². The van der Waals surface area contributed by atoms with E-state index in [1.807, 2.05) is 0 Å².